The zero-order valence-corrected chi connectivity index (χ0v) is 16.5. The van der Waals surface area contributed by atoms with Crippen molar-refractivity contribution in [3.63, 3.8) is 0 Å². The summed E-state index contributed by atoms with van der Waals surface area (Å²) < 4.78 is 17.0. The molecule has 0 aliphatic heterocycles. The van der Waals surface area contributed by atoms with Crippen LogP contribution in [-0.2, 0) is 0 Å². The van der Waals surface area contributed by atoms with Crippen molar-refractivity contribution in [1.29, 1.82) is 0 Å². The zero-order chi connectivity index (χ0) is 18.5. The summed E-state index contributed by atoms with van der Waals surface area (Å²) in [6.45, 7) is 2.42. The van der Waals surface area contributed by atoms with Crippen LogP contribution >= 0.6 is 15.9 Å². The molecule has 0 amide bonds. The van der Waals surface area contributed by atoms with Gasteiger partial charge in [-0.2, -0.15) is 0 Å². The highest BCUT2D eigenvalue weighted by Crippen LogP contribution is 2.28. The summed E-state index contributed by atoms with van der Waals surface area (Å²) in [5.41, 5.74) is 1.94. The van der Waals surface area contributed by atoms with Crippen LogP contribution in [-0.4, -0.2) is 19.0 Å². The van der Waals surface area contributed by atoms with Crippen molar-refractivity contribution < 1.29 is 13.9 Å². The molecule has 2 aromatic carbocycles. The summed E-state index contributed by atoms with van der Waals surface area (Å²) in [6.07, 6.45) is 2.03. The number of benzene rings is 2. The van der Waals surface area contributed by atoms with Gasteiger partial charge in [0.05, 0.1) is 19.1 Å². The number of methoxy groups -OCH3 is 1. The van der Waals surface area contributed by atoms with E-state index in [1.165, 1.54) is 0 Å². The standard InChI is InChI=1S/C21H21BrO4/c1-14-20(23)18-10-9-17(25-12-4-3-11-22)13-19(18)26-21(14)15-5-7-16(24-2)8-6-15/h5-10,13H,3-4,11-12H2,1-2H3. The van der Waals surface area contributed by atoms with Crippen molar-refractivity contribution in [2.75, 3.05) is 19.0 Å². The monoisotopic (exact) mass is 416 g/mol. The molecule has 4 nitrogen and oxygen atoms in total. The SMILES string of the molecule is COc1ccc(-c2oc3cc(OCCCCBr)ccc3c(=O)c2C)cc1. The molecule has 5 heteroatoms. The molecule has 26 heavy (non-hydrogen) atoms. The summed E-state index contributed by atoms with van der Waals surface area (Å²) in [5, 5.41) is 1.53. The van der Waals surface area contributed by atoms with Gasteiger partial charge in [-0.25, -0.2) is 0 Å². The van der Waals surface area contributed by atoms with Gasteiger partial charge in [-0.3, -0.25) is 4.79 Å². The second-order valence-electron chi connectivity index (χ2n) is 6.02. The van der Waals surface area contributed by atoms with Crippen molar-refractivity contribution in [2.24, 2.45) is 0 Å². The highest BCUT2D eigenvalue weighted by Gasteiger charge is 2.13. The number of halogens is 1. The fourth-order valence-corrected chi connectivity index (χ4v) is 3.16. The van der Waals surface area contributed by atoms with Gasteiger partial charge in [0.25, 0.3) is 0 Å². The average Bonchev–Trinajstić information content (AvgIpc) is 2.68. The fraction of sp³-hybridized carbons (Fsp3) is 0.286. The van der Waals surface area contributed by atoms with E-state index < -0.39 is 0 Å². The van der Waals surface area contributed by atoms with Crippen LogP contribution in [0.4, 0.5) is 0 Å². The largest absolute Gasteiger partial charge is 0.497 e. The maximum absolute atomic E-state index is 12.7. The molecule has 3 rings (SSSR count). The number of hydrogen-bond donors (Lipinski definition) is 0. The molecule has 0 N–H and O–H groups in total. The Labute approximate surface area is 160 Å². The summed E-state index contributed by atoms with van der Waals surface area (Å²) in [6, 6.07) is 12.8. The molecule has 0 atom stereocenters. The van der Waals surface area contributed by atoms with Crippen molar-refractivity contribution in [1.82, 2.24) is 0 Å². The molecule has 0 fully saturated rings. The molecule has 0 unspecified atom stereocenters. The van der Waals surface area contributed by atoms with E-state index in [0.29, 0.717) is 34.6 Å². The summed E-state index contributed by atoms with van der Waals surface area (Å²) >= 11 is 3.41. The van der Waals surface area contributed by atoms with Gasteiger partial charge < -0.3 is 13.9 Å². The van der Waals surface area contributed by atoms with Crippen molar-refractivity contribution in [3.05, 3.63) is 58.3 Å². The lowest BCUT2D eigenvalue weighted by Gasteiger charge is -2.10. The van der Waals surface area contributed by atoms with Gasteiger partial charge in [0.2, 0.25) is 0 Å². The molecule has 0 aliphatic carbocycles. The third-order valence-corrected chi connectivity index (χ3v) is 4.80. The number of rotatable bonds is 7. The predicted molar refractivity (Wildman–Crippen MR) is 108 cm³/mol. The minimum atomic E-state index is -0.0251. The Kier molecular flexibility index (Phi) is 5.99. The molecule has 136 valence electrons. The van der Waals surface area contributed by atoms with Crippen LogP contribution in [0.25, 0.3) is 22.3 Å². The Morgan fingerprint density at radius 1 is 1.04 bits per heavy atom. The first-order valence-corrected chi connectivity index (χ1v) is 9.67. The zero-order valence-electron chi connectivity index (χ0n) is 14.9. The molecule has 1 heterocycles. The molecule has 0 radical (unpaired) electrons. The van der Waals surface area contributed by atoms with E-state index in [-0.39, 0.29) is 5.43 Å². The van der Waals surface area contributed by atoms with E-state index in [9.17, 15) is 4.79 Å². The highest BCUT2D eigenvalue weighted by atomic mass is 79.9. The summed E-state index contributed by atoms with van der Waals surface area (Å²) in [4.78, 5) is 12.7. The normalized spacial score (nSPS) is 10.9. The van der Waals surface area contributed by atoms with E-state index in [4.69, 9.17) is 13.9 Å². The second kappa shape index (κ2) is 8.41. The van der Waals surface area contributed by atoms with E-state index in [1.54, 1.807) is 26.2 Å². The lowest BCUT2D eigenvalue weighted by atomic mass is 10.1. The van der Waals surface area contributed by atoms with Gasteiger partial charge in [0.15, 0.2) is 5.43 Å². The molecular weight excluding hydrogens is 396 g/mol. The molecule has 0 spiro atoms. The Morgan fingerprint density at radius 3 is 2.46 bits per heavy atom. The number of ether oxygens (including phenoxy) is 2. The molecule has 0 saturated carbocycles. The van der Waals surface area contributed by atoms with Crippen molar-refractivity contribution in [2.45, 2.75) is 19.8 Å². The molecule has 0 saturated heterocycles. The number of fused-ring (bicyclic) bond motifs is 1. The van der Waals surface area contributed by atoms with E-state index in [1.807, 2.05) is 30.3 Å². The number of alkyl halides is 1. The van der Waals surface area contributed by atoms with Crippen molar-refractivity contribution in [3.8, 4) is 22.8 Å². The Balaban J connectivity index is 1.98. The van der Waals surface area contributed by atoms with Gasteiger partial charge in [0, 0.05) is 22.5 Å². The first kappa shape index (κ1) is 18.5. The summed E-state index contributed by atoms with van der Waals surface area (Å²) in [7, 11) is 1.62. The van der Waals surface area contributed by atoms with Crippen LogP contribution in [0.2, 0.25) is 0 Å². The third-order valence-electron chi connectivity index (χ3n) is 4.24. The number of unbranched alkanes of at least 4 members (excludes halogenated alkanes) is 1. The van der Waals surface area contributed by atoms with E-state index >= 15 is 0 Å². The Morgan fingerprint density at radius 2 is 1.77 bits per heavy atom. The smallest absolute Gasteiger partial charge is 0.196 e. The highest BCUT2D eigenvalue weighted by molar-refractivity contribution is 9.09. The van der Waals surface area contributed by atoms with E-state index in [0.717, 1.165) is 29.5 Å². The minimum absolute atomic E-state index is 0.0251. The quantitative estimate of drug-likeness (QED) is 0.385. The third kappa shape index (κ3) is 3.93. The van der Waals surface area contributed by atoms with Gasteiger partial charge >= 0.3 is 0 Å². The molecule has 0 aliphatic rings. The maximum Gasteiger partial charge on any atom is 0.196 e. The number of hydrogen-bond acceptors (Lipinski definition) is 4. The fourth-order valence-electron chi connectivity index (χ4n) is 2.76. The lowest BCUT2D eigenvalue weighted by Crippen LogP contribution is -2.07. The first-order chi connectivity index (χ1) is 12.6. The van der Waals surface area contributed by atoms with Crippen molar-refractivity contribution >= 4 is 26.9 Å². The van der Waals surface area contributed by atoms with Crippen LogP contribution < -0.4 is 14.9 Å². The predicted octanol–water partition coefficient (Wildman–Crippen LogP) is 5.33. The average molecular weight is 417 g/mol. The Bertz CT molecular complexity index is 945. The Hall–Kier alpha value is -2.27. The molecular formula is C21H21BrO4. The minimum Gasteiger partial charge on any atom is -0.497 e. The second-order valence-corrected chi connectivity index (χ2v) is 6.81. The first-order valence-electron chi connectivity index (χ1n) is 8.54. The molecule has 1 aromatic heterocycles. The van der Waals surface area contributed by atoms with E-state index in [2.05, 4.69) is 15.9 Å². The van der Waals surface area contributed by atoms with Gasteiger partial charge in [-0.1, -0.05) is 15.9 Å². The topological polar surface area (TPSA) is 48.7 Å². The van der Waals surface area contributed by atoms with Crippen LogP contribution in [0.3, 0.4) is 0 Å². The van der Waals surface area contributed by atoms with Crippen LogP contribution in [0.5, 0.6) is 11.5 Å². The van der Waals surface area contributed by atoms with Gasteiger partial charge in [-0.05, 0) is 56.2 Å². The lowest BCUT2D eigenvalue weighted by molar-refractivity contribution is 0.310. The van der Waals surface area contributed by atoms with Crippen LogP contribution in [0.15, 0.2) is 51.7 Å². The van der Waals surface area contributed by atoms with Crippen LogP contribution in [0, 0.1) is 6.92 Å². The maximum atomic E-state index is 12.7. The van der Waals surface area contributed by atoms with Crippen LogP contribution in [0.1, 0.15) is 18.4 Å². The molecule has 3 aromatic rings. The van der Waals surface area contributed by atoms with Gasteiger partial charge in [-0.15, -0.1) is 0 Å². The summed E-state index contributed by atoms with van der Waals surface area (Å²) in [5.74, 6) is 2.04. The molecule has 0 bridgehead atoms. The van der Waals surface area contributed by atoms with Gasteiger partial charge in [0.1, 0.15) is 22.8 Å².